The van der Waals surface area contributed by atoms with Gasteiger partial charge in [-0.05, 0) is 36.5 Å². The molecule has 1 aliphatic rings. The molecular formula is C27H32F3N7O. The van der Waals surface area contributed by atoms with Crippen molar-refractivity contribution in [2.75, 3.05) is 6.54 Å². The average molecular weight is 528 g/mol. The van der Waals surface area contributed by atoms with Crippen molar-refractivity contribution in [2.45, 2.75) is 58.5 Å². The summed E-state index contributed by atoms with van der Waals surface area (Å²) in [5, 5.41) is 18.6. The predicted molar refractivity (Wildman–Crippen MR) is 138 cm³/mol. The van der Waals surface area contributed by atoms with Gasteiger partial charge in [-0.25, -0.2) is 4.98 Å². The molecule has 3 aromatic heterocycles. The number of halogens is 3. The number of aromatic nitrogens is 6. The Bertz CT molecular complexity index is 1410. The lowest BCUT2D eigenvalue weighted by Gasteiger charge is -2.33. The maximum Gasteiger partial charge on any atom is 0.433 e. The standard InChI is InChI=1S/C25H26F3N7O.C2H6/c1-14(36)29-10-9-19-23-18(12-20(31-19)25(26,27)28)22(32-33-23)17-8-4-7-16(11-17)21(15-5-3-6-15)24-34-30-13-35(24)2;1-2/h4,7-8,11-13,15,21H,3,5-6,9-10H2,1-2H3,(H,29,36)(H,32,33);1-2H3. The number of carbonyl (C=O) groups excluding carboxylic acids is 1. The lowest BCUT2D eigenvalue weighted by atomic mass is 9.72. The van der Waals surface area contributed by atoms with Crippen LogP contribution in [0.1, 0.15) is 68.7 Å². The van der Waals surface area contributed by atoms with E-state index in [4.69, 9.17) is 0 Å². The minimum Gasteiger partial charge on any atom is -0.356 e. The molecule has 0 bridgehead atoms. The number of amides is 1. The van der Waals surface area contributed by atoms with E-state index < -0.39 is 11.9 Å². The molecule has 2 N–H and O–H groups in total. The summed E-state index contributed by atoms with van der Waals surface area (Å²) in [5.41, 5.74) is 1.80. The topological polar surface area (TPSA) is 101 Å². The number of pyridine rings is 1. The van der Waals surface area contributed by atoms with Crippen LogP contribution in [0.4, 0.5) is 13.2 Å². The summed E-state index contributed by atoms with van der Waals surface area (Å²) in [7, 11) is 1.92. The van der Waals surface area contributed by atoms with Crippen LogP contribution in [0.2, 0.25) is 0 Å². The van der Waals surface area contributed by atoms with Gasteiger partial charge in [0.25, 0.3) is 0 Å². The van der Waals surface area contributed by atoms with Crippen LogP contribution < -0.4 is 5.32 Å². The first-order chi connectivity index (χ1) is 18.2. The first kappa shape index (κ1) is 27.3. The van der Waals surface area contributed by atoms with E-state index in [2.05, 4.69) is 30.7 Å². The summed E-state index contributed by atoms with van der Waals surface area (Å²) >= 11 is 0. The zero-order valence-electron chi connectivity index (χ0n) is 21.9. The van der Waals surface area contributed by atoms with E-state index in [-0.39, 0.29) is 30.5 Å². The lowest BCUT2D eigenvalue weighted by molar-refractivity contribution is -0.141. The summed E-state index contributed by atoms with van der Waals surface area (Å²) in [6, 6.07) is 8.79. The Balaban J connectivity index is 0.00000164. The largest absolute Gasteiger partial charge is 0.433 e. The quantitative estimate of drug-likeness (QED) is 0.335. The number of hydrogen-bond acceptors (Lipinski definition) is 5. The Morgan fingerprint density at radius 3 is 2.61 bits per heavy atom. The Morgan fingerprint density at radius 2 is 2.00 bits per heavy atom. The number of fused-ring (bicyclic) bond motifs is 1. The molecule has 3 heterocycles. The van der Waals surface area contributed by atoms with Crippen LogP contribution in [0.15, 0.2) is 36.7 Å². The maximum atomic E-state index is 13.7. The van der Waals surface area contributed by atoms with E-state index in [1.807, 2.05) is 49.7 Å². The molecular weight excluding hydrogens is 495 g/mol. The van der Waals surface area contributed by atoms with E-state index in [1.54, 1.807) is 6.33 Å². The number of alkyl halides is 3. The van der Waals surface area contributed by atoms with Gasteiger partial charge >= 0.3 is 6.18 Å². The minimum atomic E-state index is -4.62. The van der Waals surface area contributed by atoms with Gasteiger partial charge in [-0.3, -0.25) is 9.89 Å². The molecule has 0 aliphatic heterocycles. The van der Waals surface area contributed by atoms with Gasteiger partial charge in [0.05, 0.1) is 11.2 Å². The summed E-state index contributed by atoms with van der Waals surface area (Å²) < 4.78 is 43.0. The normalized spacial score (nSPS) is 14.5. The molecule has 1 unspecified atom stereocenters. The number of H-pyrrole nitrogens is 1. The highest BCUT2D eigenvalue weighted by Crippen LogP contribution is 2.43. The van der Waals surface area contributed by atoms with E-state index >= 15 is 0 Å². The fraction of sp³-hybridized carbons (Fsp3) is 0.444. The first-order valence-electron chi connectivity index (χ1n) is 12.9. The zero-order chi connectivity index (χ0) is 27.4. The highest BCUT2D eigenvalue weighted by molar-refractivity contribution is 5.94. The highest BCUT2D eigenvalue weighted by Gasteiger charge is 2.35. The molecule has 5 rings (SSSR count). The number of benzene rings is 1. The molecule has 0 spiro atoms. The van der Waals surface area contributed by atoms with E-state index in [1.165, 1.54) is 6.92 Å². The van der Waals surface area contributed by atoms with Crippen LogP contribution in [-0.2, 0) is 24.4 Å². The monoisotopic (exact) mass is 527 g/mol. The van der Waals surface area contributed by atoms with E-state index in [9.17, 15) is 18.0 Å². The van der Waals surface area contributed by atoms with Gasteiger partial charge in [-0.1, -0.05) is 38.5 Å². The van der Waals surface area contributed by atoms with Crippen molar-refractivity contribution in [3.63, 3.8) is 0 Å². The van der Waals surface area contributed by atoms with Crippen LogP contribution in [0, 0.1) is 5.92 Å². The second kappa shape index (κ2) is 11.3. The molecule has 11 heteroatoms. The third kappa shape index (κ3) is 5.56. The predicted octanol–water partition coefficient (Wildman–Crippen LogP) is 5.41. The van der Waals surface area contributed by atoms with Gasteiger partial charge in [0.2, 0.25) is 5.91 Å². The SMILES string of the molecule is CC.CC(=O)NCCc1nc(C(F)(F)F)cc2c(-c3cccc(C(c4nncn4C)C4CCC4)c3)n[nH]c12. The molecule has 202 valence electrons. The number of rotatable bonds is 7. The summed E-state index contributed by atoms with van der Waals surface area (Å²) in [6.07, 6.45) is 0.541. The Kier molecular flexibility index (Phi) is 8.13. The Labute approximate surface area is 219 Å². The molecule has 0 radical (unpaired) electrons. The van der Waals surface area contributed by atoms with Crippen LogP contribution in [0.3, 0.4) is 0 Å². The summed E-state index contributed by atoms with van der Waals surface area (Å²) in [5.74, 6) is 1.08. The number of aryl methyl sites for hydroxylation is 1. The van der Waals surface area contributed by atoms with Crippen molar-refractivity contribution in [3.8, 4) is 11.3 Å². The molecule has 1 saturated carbocycles. The fourth-order valence-electron chi connectivity index (χ4n) is 4.84. The zero-order valence-corrected chi connectivity index (χ0v) is 21.9. The van der Waals surface area contributed by atoms with Gasteiger partial charge < -0.3 is 9.88 Å². The van der Waals surface area contributed by atoms with Crippen molar-refractivity contribution in [1.82, 2.24) is 35.3 Å². The first-order valence-corrected chi connectivity index (χ1v) is 12.9. The van der Waals surface area contributed by atoms with Crippen LogP contribution >= 0.6 is 0 Å². The Hall–Kier alpha value is -3.76. The molecule has 0 saturated heterocycles. The minimum absolute atomic E-state index is 0.0389. The van der Waals surface area contributed by atoms with Crippen molar-refractivity contribution in [3.05, 3.63) is 59.4 Å². The van der Waals surface area contributed by atoms with Crippen LogP contribution in [0.5, 0.6) is 0 Å². The van der Waals surface area contributed by atoms with Crippen molar-refractivity contribution >= 4 is 16.8 Å². The van der Waals surface area contributed by atoms with Crippen LogP contribution in [-0.4, -0.2) is 42.4 Å². The van der Waals surface area contributed by atoms with E-state index in [0.717, 1.165) is 36.7 Å². The third-order valence-corrected chi connectivity index (χ3v) is 6.82. The van der Waals surface area contributed by atoms with Gasteiger partial charge in [-0.2, -0.15) is 18.3 Å². The summed E-state index contributed by atoms with van der Waals surface area (Å²) in [4.78, 5) is 15.1. The molecule has 8 nitrogen and oxygen atoms in total. The highest BCUT2D eigenvalue weighted by atomic mass is 19.4. The van der Waals surface area contributed by atoms with Crippen molar-refractivity contribution in [1.29, 1.82) is 0 Å². The van der Waals surface area contributed by atoms with Gasteiger partial charge in [0.15, 0.2) is 0 Å². The number of nitrogens with zero attached hydrogens (tertiary/aromatic N) is 5. The third-order valence-electron chi connectivity index (χ3n) is 6.82. The lowest BCUT2D eigenvalue weighted by Crippen LogP contribution is -2.24. The molecule has 4 aromatic rings. The molecule has 1 fully saturated rings. The summed E-state index contributed by atoms with van der Waals surface area (Å²) in [6.45, 7) is 5.53. The van der Waals surface area contributed by atoms with Crippen molar-refractivity contribution < 1.29 is 18.0 Å². The number of carbonyl (C=O) groups is 1. The average Bonchev–Trinajstić information content (AvgIpc) is 3.48. The molecule has 1 atom stereocenters. The molecule has 1 aliphatic carbocycles. The number of nitrogens with one attached hydrogen (secondary N) is 2. The molecule has 1 aromatic carbocycles. The molecule has 38 heavy (non-hydrogen) atoms. The van der Waals surface area contributed by atoms with Gasteiger partial charge in [-0.15, -0.1) is 10.2 Å². The fourth-order valence-corrected chi connectivity index (χ4v) is 4.84. The molecule has 1 amide bonds. The number of aromatic amines is 1. The number of hydrogen-bond donors (Lipinski definition) is 2. The van der Waals surface area contributed by atoms with E-state index in [0.29, 0.717) is 28.1 Å². The van der Waals surface area contributed by atoms with Gasteiger partial charge in [0, 0.05) is 43.8 Å². The second-order valence-corrected chi connectivity index (χ2v) is 9.27. The second-order valence-electron chi connectivity index (χ2n) is 9.27. The maximum absolute atomic E-state index is 13.7. The van der Waals surface area contributed by atoms with Crippen molar-refractivity contribution in [2.24, 2.45) is 13.0 Å². The van der Waals surface area contributed by atoms with Gasteiger partial charge in [0.1, 0.15) is 23.5 Å². The smallest absolute Gasteiger partial charge is 0.356 e. The Morgan fingerprint density at radius 1 is 1.24 bits per heavy atom. The van der Waals surface area contributed by atoms with Crippen LogP contribution in [0.25, 0.3) is 22.2 Å².